The van der Waals surface area contributed by atoms with Gasteiger partial charge in [0.1, 0.15) is 12.0 Å². The number of nitrogens with zero attached hydrogens (tertiary/aromatic N) is 3. The molecule has 0 amide bonds. The average Bonchev–Trinajstić information content (AvgIpc) is 3.28. The Morgan fingerprint density at radius 2 is 2.00 bits per heavy atom. The van der Waals surface area contributed by atoms with Crippen molar-refractivity contribution in [2.45, 2.75) is 50.0 Å². The highest BCUT2D eigenvalue weighted by molar-refractivity contribution is 7.90. The van der Waals surface area contributed by atoms with E-state index in [0.717, 1.165) is 24.1 Å². The average molecular weight is 456 g/mol. The fourth-order valence-corrected chi connectivity index (χ4v) is 5.20. The molecule has 1 aromatic heterocycles. The van der Waals surface area contributed by atoms with Crippen LogP contribution in [0.15, 0.2) is 53.6 Å². The number of hydrogen-bond acceptors (Lipinski definition) is 5. The number of aliphatic hydroxyl groups is 1. The SMILES string of the molecule is CS(=O)(=O)c1ccc(-c2cccc(F)c2)c(C(O)N2Cc3cn(CC4CCC4)nc3C2)c1. The van der Waals surface area contributed by atoms with Gasteiger partial charge in [0.05, 0.1) is 10.6 Å². The quantitative estimate of drug-likeness (QED) is 0.610. The first-order valence-corrected chi connectivity index (χ1v) is 12.7. The van der Waals surface area contributed by atoms with Gasteiger partial charge in [0.15, 0.2) is 9.84 Å². The van der Waals surface area contributed by atoms with Crippen molar-refractivity contribution in [2.75, 3.05) is 6.26 Å². The van der Waals surface area contributed by atoms with E-state index in [0.29, 0.717) is 35.7 Å². The van der Waals surface area contributed by atoms with Gasteiger partial charge in [-0.1, -0.05) is 24.6 Å². The van der Waals surface area contributed by atoms with Crippen LogP contribution in [0.3, 0.4) is 0 Å². The van der Waals surface area contributed by atoms with Gasteiger partial charge in [-0.25, -0.2) is 12.8 Å². The lowest BCUT2D eigenvalue weighted by Gasteiger charge is -2.26. The van der Waals surface area contributed by atoms with Gasteiger partial charge in [0, 0.05) is 43.2 Å². The summed E-state index contributed by atoms with van der Waals surface area (Å²) in [7, 11) is -3.47. The minimum absolute atomic E-state index is 0.120. The number of rotatable bonds is 6. The summed E-state index contributed by atoms with van der Waals surface area (Å²) in [4.78, 5) is 1.98. The predicted octanol–water partition coefficient (Wildman–Crippen LogP) is 3.90. The number of sulfone groups is 1. The van der Waals surface area contributed by atoms with Crippen molar-refractivity contribution < 1.29 is 17.9 Å². The van der Waals surface area contributed by atoms with Crippen LogP contribution in [0.1, 0.15) is 42.3 Å². The second-order valence-corrected chi connectivity index (χ2v) is 10.9. The molecule has 32 heavy (non-hydrogen) atoms. The van der Waals surface area contributed by atoms with Crippen molar-refractivity contribution in [3.05, 3.63) is 71.3 Å². The number of aliphatic hydroxyl groups excluding tert-OH is 1. The number of fused-ring (bicyclic) bond motifs is 1. The van der Waals surface area contributed by atoms with Gasteiger partial charge in [0.2, 0.25) is 0 Å². The van der Waals surface area contributed by atoms with Gasteiger partial charge >= 0.3 is 0 Å². The van der Waals surface area contributed by atoms with Crippen LogP contribution in [0, 0.1) is 11.7 Å². The van der Waals surface area contributed by atoms with Crippen molar-refractivity contribution in [1.29, 1.82) is 0 Å². The minimum atomic E-state index is -3.47. The first-order chi connectivity index (χ1) is 15.3. The molecule has 2 heterocycles. The monoisotopic (exact) mass is 455 g/mol. The smallest absolute Gasteiger partial charge is 0.175 e. The topological polar surface area (TPSA) is 75.4 Å². The third-order valence-corrected chi connectivity index (χ3v) is 7.64. The number of aromatic nitrogens is 2. The van der Waals surface area contributed by atoms with E-state index in [9.17, 15) is 17.9 Å². The van der Waals surface area contributed by atoms with Gasteiger partial charge in [-0.2, -0.15) is 5.10 Å². The molecule has 2 aromatic carbocycles. The summed E-state index contributed by atoms with van der Waals surface area (Å²) >= 11 is 0. The zero-order chi connectivity index (χ0) is 22.5. The molecule has 1 aliphatic carbocycles. The van der Waals surface area contributed by atoms with Gasteiger partial charge in [-0.15, -0.1) is 0 Å². The summed E-state index contributed by atoms with van der Waals surface area (Å²) in [6.07, 6.45) is 5.96. The van der Waals surface area contributed by atoms with Crippen LogP contribution in [0.2, 0.25) is 0 Å². The highest BCUT2D eigenvalue weighted by Crippen LogP contribution is 2.36. The standard InChI is InChI=1S/C24H26FN3O3S/c1-32(30,31)20-8-9-21(17-6-3-7-19(25)10-17)22(11-20)24(29)27-13-18-14-28(26-23(18)15-27)12-16-4-2-5-16/h3,6-11,14,16,24,29H,2,4-5,12-13,15H2,1H3. The van der Waals surface area contributed by atoms with E-state index in [-0.39, 0.29) is 4.90 Å². The molecule has 8 heteroatoms. The first kappa shape index (κ1) is 21.3. The van der Waals surface area contributed by atoms with Crippen LogP contribution in [0.5, 0.6) is 0 Å². The molecule has 0 bridgehead atoms. The Kier molecular flexibility index (Phi) is 5.39. The fraction of sp³-hybridized carbons (Fsp3) is 0.375. The van der Waals surface area contributed by atoms with Crippen LogP contribution < -0.4 is 0 Å². The maximum absolute atomic E-state index is 13.9. The minimum Gasteiger partial charge on any atom is -0.374 e. The van der Waals surface area contributed by atoms with Crippen molar-refractivity contribution in [3.8, 4) is 11.1 Å². The molecule has 1 atom stereocenters. The number of halogens is 1. The molecular weight excluding hydrogens is 429 g/mol. The van der Waals surface area contributed by atoms with E-state index >= 15 is 0 Å². The van der Waals surface area contributed by atoms with E-state index in [2.05, 4.69) is 6.20 Å². The first-order valence-electron chi connectivity index (χ1n) is 10.9. The molecule has 2 aliphatic rings. The Balaban J connectivity index is 1.45. The highest BCUT2D eigenvalue weighted by Gasteiger charge is 2.31. The van der Waals surface area contributed by atoms with E-state index in [4.69, 9.17) is 5.10 Å². The highest BCUT2D eigenvalue weighted by atomic mass is 32.2. The number of benzene rings is 2. The second kappa shape index (κ2) is 8.10. The Morgan fingerprint density at radius 1 is 1.19 bits per heavy atom. The van der Waals surface area contributed by atoms with E-state index in [1.54, 1.807) is 18.2 Å². The summed E-state index contributed by atoms with van der Waals surface area (Å²) in [5, 5.41) is 16.0. The van der Waals surface area contributed by atoms with Gasteiger partial charge < -0.3 is 5.11 Å². The van der Waals surface area contributed by atoms with Crippen LogP contribution in [0.4, 0.5) is 4.39 Å². The molecule has 1 saturated carbocycles. The molecule has 0 spiro atoms. The van der Waals surface area contributed by atoms with Gasteiger partial charge in [0.25, 0.3) is 0 Å². The van der Waals surface area contributed by atoms with Crippen molar-refractivity contribution in [1.82, 2.24) is 14.7 Å². The maximum atomic E-state index is 13.9. The molecule has 168 valence electrons. The van der Waals surface area contributed by atoms with Gasteiger partial charge in [-0.3, -0.25) is 9.58 Å². The molecule has 3 aromatic rings. The third-order valence-electron chi connectivity index (χ3n) is 6.53. The summed E-state index contributed by atoms with van der Waals surface area (Å²) < 4.78 is 40.2. The molecule has 0 saturated heterocycles. The van der Waals surface area contributed by atoms with Crippen molar-refractivity contribution in [2.24, 2.45) is 5.92 Å². The molecule has 6 nitrogen and oxygen atoms in total. The fourth-order valence-electron chi connectivity index (χ4n) is 4.54. The predicted molar refractivity (Wildman–Crippen MR) is 119 cm³/mol. The van der Waals surface area contributed by atoms with Crippen LogP contribution in [-0.4, -0.2) is 34.5 Å². The molecule has 5 rings (SSSR count). The lowest BCUT2D eigenvalue weighted by Crippen LogP contribution is -2.25. The molecule has 0 radical (unpaired) electrons. The Morgan fingerprint density at radius 3 is 2.66 bits per heavy atom. The van der Waals surface area contributed by atoms with E-state index < -0.39 is 21.9 Å². The molecular formula is C24H26FN3O3S. The van der Waals surface area contributed by atoms with Crippen LogP contribution >= 0.6 is 0 Å². The second-order valence-electron chi connectivity index (χ2n) is 8.93. The molecule has 1 fully saturated rings. The van der Waals surface area contributed by atoms with Crippen LogP contribution in [-0.2, 0) is 29.5 Å². The summed E-state index contributed by atoms with van der Waals surface area (Å²) in [5.74, 6) is 0.321. The summed E-state index contributed by atoms with van der Waals surface area (Å²) in [6, 6.07) is 10.7. The van der Waals surface area contributed by atoms with Crippen LogP contribution in [0.25, 0.3) is 11.1 Å². The Hall–Kier alpha value is -2.55. The zero-order valence-electron chi connectivity index (χ0n) is 17.9. The normalized spacial score (nSPS) is 17.8. The largest absolute Gasteiger partial charge is 0.374 e. The zero-order valence-corrected chi connectivity index (χ0v) is 18.7. The maximum Gasteiger partial charge on any atom is 0.175 e. The van der Waals surface area contributed by atoms with Gasteiger partial charge in [-0.05, 0) is 54.2 Å². The third kappa shape index (κ3) is 4.10. The summed E-state index contributed by atoms with van der Waals surface area (Å²) in [5.41, 5.74) is 3.64. The van der Waals surface area contributed by atoms with Crippen molar-refractivity contribution >= 4 is 9.84 Å². The molecule has 1 unspecified atom stereocenters. The lowest BCUT2D eigenvalue weighted by atomic mass is 9.85. The lowest BCUT2D eigenvalue weighted by molar-refractivity contribution is -0.00248. The van der Waals surface area contributed by atoms with Crippen molar-refractivity contribution in [3.63, 3.8) is 0 Å². The molecule has 1 aliphatic heterocycles. The molecule has 1 N–H and O–H groups in total. The van der Waals surface area contributed by atoms with E-state index in [1.807, 2.05) is 9.58 Å². The number of hydrogen-bond donors (Lipinski definition) is 1. The summed E-state index contributed by atoms with van der Waals surface area (Å²) in [6.45, 7) is 1.93. The van der Waals surface area contributed by atoms with E-state index in [1.165, 1.54) is 43.5 Å². The Labute approximate surface area is 187 Å². The Bertz CT molecular complexity index is 1240.